The van der Waals surface area contributed by atoms with E-state index in [-0.39, 0.29) is 11.7 Å². The van der Waals surface area contributed by atoms with E-state index in [0.717, 1.165) is 16.1 Å². The minimum Gasteiger partial charge on any atom is -0.334 e. The molecule has 136 valence electrons. The molecule has 0 N–H and O–H groups in total. The summed E-state index contributed by atoms with van der Waals surface area (Å²) in [6, 6.07) is 13.6. The monoisotopic (exact) mass is 378 g/mol. The summed E-state index contributed by atoms with van der Waals surface area (Å²) in [6.45, 7) is 0.445. The molecule has 4 aromatic rings. The van der Waals surface area contributed by atoms with Gasteiger partial charge in [0.2, 0.25) is 5.82 Å². The summed E-state index contributed by atoms with van der Waals surface area (Å²) in [5.74, 6) is 0.606. The van der Waals surface area contributed by atoms with Crippen LogP contribution in [0.1, 0.15) is 16.2 Å². The average molecular weight is 378 g/mol. The normalized spacial score (nSPS) is 10.9. The molecule has 0 saturated carbocycles. The second-order valence-corrected chi connectivity index (χ2v) is 7.11. The van der Waals surface area contributed by atoms with E-state index in [0.29, 0.717) is 12.4 Å². The summed E-state index contributed by atoms with van der Waals surface area (Å²) in [4.78, 5) is 20.0. The smallest absolute Gasteiger partial charge is 0.293 e. The summed E-state index contributed by atoms with van der Waals surface area (Å²) >= 11 is 1.56. The Morgan fingerprint density at radius 2 is 2.00 bits per heavy atom. The van der Waals surface area contributed by atoms with Crippen molar-refractivity contribution in [3.8, 4) is 16.4 Å². The number of thiophene rings is 1. The Kier molecular flexibility index (Phi) is 4.55. The first-order valence-electron chi connectivity index (χ1n) is 8.41. The number of benzene rings is 1. The van der Waals surface area contributed by atoms with Gasteiger partial charge in [0.05, 0.1) is 16.8 Å². The van der Waals surface area contributed by atoms with Crippen molar-refractivity contribution in [2.24, 2.45) is 7.05 Å². The first-order valence-corrected chi connectivity index (χ1v) is 9.29. The third-order valence-corrected chi connectivity index (χ3v) is 4.93. The van der Waals surface area contributed by atoms with Crippen LogP contribution in [0.15, 0.2) is 60.2 Å². The molecule has 0 radical (unpaired) electrons. The van der Waals surface area contributed by atoms with Crippen molar-refractivity contribution in [2.45, 2.75) is 6.54 Å². The molecule has 0 aliphatic carbocycles. The van der Waals surface area contributed by atoms with E-state index >= 15 is 0 Å². The van der Waals surface area contributed by atoms with E-state index in [1.807, 2.05) is 61.1 Å². The number of aromatic nitrogens is 5. The first kappa shape index (κ1) is 17.2. The molecule has 3 heterocycles. The van der Waals surface area contributed by atoms with Gasteiger partial charge in [0, 0.05) is 32.4 Å². The summed E-state index contributed by atoms with van der Waals surface area (Å²) in [6.07, 6.45) is 3.63. The molecule has 0 bridgehead atoms. The quantitative estimate of drug-likeness (QED) is 0.535. The Morgan fingerprint density at radius 1 is 1.19 bits per heavy atom. The van der Waals surface area contributed by atoms with Crippen molar-refractivity contribution >= 4 is 17.2 Å². The van der Waals surface area contributed by atoms with Crippen LogP contribution in [0, 0.1) is 0 Å². The molecule has 0 aliphatic rings. The second-order valence-electron chi connectivity index (χ2n) is 6.17. The second kappa shape index (κ2) is 7.16. The van der Waals surface area contributed by atoms with E-state index in [1.54, 1.807) is 38.8 Å². The third kappa shape index (κ3) is 3.52. The van der Waals surface area contributed by atoms with E-state index in [9.17, 15) is 4.79 Å². The standard InChI is InChI=1S/C19H18N6OS/c1-23(12-14-11-20-24(2)13-14)19(26)17-21-18(16-9-6-10-27-16)25(22-17)15-7-4-3-5-8-15/h3-11,13H,12H2,1-2H3. The minimum absolute atomic E-state index is 0.175. The highest BCUT2D eigenvalue weighted by atomic mass is 32.1. The molecule has 0 unspecified atom stereocenters. The lowest BCUT2D eigenvalue weighted by Gasteiger charge is -2.13. The fourth-order valence-corrected chi connectivity index (χ4v) is 3.49. The molecular weight excluding hydrogens is 360 g/mol. The van der Waals surface area contributed by atoms with Crippen LogP contribution >= 0.6 is 11.3 Å². The number of nitrogens with zero attached hydrogens (tertiary/aromatic N) is 6. The zero-order chi connectivity index (χ0) is 18.8. The maximum atomic E-state index is 12.9. The lowest BCUT2D eigenvalue weighted by atomic mass is 10.3. The van der Waals surface area contributed by atoms with Gasteiger partial charge in [-0.15, -0.1) is 16.4 Å². The maximum Gasteiger partial charge on any atom is 0.293 e. The fourth-order valence-electron chi connectivity index (χ4n) is 2.79. The number of hydrogen-bond donors (Lipinski definition) is 0. The average Bonchev–Trinajstić information content (AvgIpc) is 3.42. The van der Waals surface area contributed by atoms with Crippen molar-refractivity contribution in [3.05, 3.63) is 71.6 Å². The molecular formula is C19H18N6OS. The molecule has 4 rings (SSSR count). The lowest BCUT2D eigenvalue weighted by molar-refractivity contribution is 0.0773. The largest absolute Gasteiger partial charge is 0.334 e. The third-order valence-electron chi connectivity index (χ3n) is 4.07. The Bertz CT molecular complexity index is 1050. The molecule has 1 aromatic carbocycles. The van der Waals surface area contributed by atoms with Crippen LogP contribution in [-0.4, -0.2) is 42.4 Å². The van der Waals surface area contributed by atoms with Gasteiger partial charge in [-0.2, -0.15) is 5.10 Å². The number of para-hydroxylation sites is 1. The van der Waals surface area contributed by atoms with E-state index in [4.69, 9.17) is 0 Å². The highest BCUT2D eigenvalue weighted by Gasteiger charge is 2.22. The molecule has 27 heavy (non-hydrogen) atoms. The fraction of sp³-hybridized carbons (Fsp3) is 0.158. The van der Waals surface area contributed by atoms with Gasteiger partial charge in [-0.1, -0.05) is 24.3 Å². The predicted molar refractivity (Wildman–Crippen MR) is 104 cm³/mol. The van der Waals surface area contributed by atoms with Gasteiger partial charge < -0.3 is 4.90 Å². The van der Waals surface area contributed by atoms with Crippen molar-refractivity contribution in [1.82, 2.24) is 29.4 Å². The molecule has 3 aromatic heterocycles. The van der Waals surface area contributed by atoms with Crippen molar-refractivity contribution in [3.63, 3.8) is 0 Å². The number of hydrogen-bond acceptors (Lipinski definition) is 5. The molecule has 0 spiro atoms. The van der Waals surface area contributed by atoms with Crippen molar-refractivity contribution < 1.29 is 4.79 Å². The van der Waals surface area contributed by atoms with Crippen LogP contribution in [0.25, 0.3) is 16.4 Å². The number of rotatable bonds is 5. The Balaban J connectivity index is 1.68. The first-order chi connectivity index (χ1) is 13.1. The predicted octanol–water partition coefficient (Wildman–Crippen LogP) is 3.00. The highest BCUT2D eigenvalue weighted by molar-refractivity contribution is 7.13. The Morgan fingerprint density at radius 3 is 2.67 bits per heavy atom. The van der Waals surface area contributed by atoms with Gasteiger partial charge in [0.1, 0.15) is 0 Å². The van der Waals surface area contributed by atoms with Crippen molar-refractivity contribution in [2.75, 3.05) is 7.05 Å². The van der Waals surface area contributed by atoms with Gasteiger partial charge in [-0.05, 0) is 23.6 Å². The zero-order valence-electron chi connectivity index (χ0n) is 15.0. The summed E-state index contributed by atoms with van der Waals surface area (Å²) < 4.78 is 3.43. The lowest BCUT2D eigenvalue weighted by Crippen LogP contribution is -2.27. The Hall–Kier alpha value is -3.26. The number of carbonyl (C=O) groups is 1. The van der Waals surface area contributed by atoms with Gasteiger partial charge in [-0.25, -0.2) is 9.67 Å². The molecule has 0 atom stereocenters. The van der Waals surface area contributed by atoms with Gasteiger partial charge in [0.15, 0.2) is 5.82 Å². The highest BCUT2D eigenvalue weighted by Crippen LogP contribution is 2.25. The molecule has 0 saturated heterocycles. The molecule has 0 aliphatic heterocycles. The summed E-state index contributed by atoms with van der Waals surface area (Å²) in [7, 11) is 3.59. The topological polar surface area (TPSA) is 68.8 Å². The van der Waals surface area contributed by atoms with Crippen molar-refractivity contribution in [1.29, 1.82) is 0 Å². The van der Waals surface area contributed by atoms with Crippen LogP contribution in [0.3, 0.4) is 0 Å². The number of carbonyl (C=O) groups excluding carboxylic acids is 1. The summed E-state index contributed by atoms with van der Waals surface area (Å²) in [5.41, 5.74) is 1.82. The molecule has 8 heteroatoms. The minimum atomic E-state index is -0.230. The Labute approximate surface area is 160 Å². The maximum absolute atomic E-state index is 12.9. The number of amides is 1. The zero-order valence-corrected chi connectivity index (χ0v) is 15.8. The van der Waals surface area contributed by atoms with E-state index < -0.39 is 0 Å². The van der Waals surface area contributed by atoms with Crippen LogP contribution in [-0.2, 0) is 13.6 Å². The summed E-state index contributed by atoms with van der Waals surface area (Å²) in [5, 5.41) is 10.6. The van der Waals surface area contributed by atoms with E-state index in [2.05, 4.69) is 15.2 Å². The van der Waals surface area contributed by atoms with Crippen LogP contribution in [0.4, 0.5) is 0 Å². The SMILES string of the molecule is CN(Cc1cnn(C)c1)C(=O)c1nc(-c2cccs2)n(-c2ccccc2)n1. The van der Waals surface area contributed by atoms with Gasteiger partial charge >= 0.3 is 0 Å². The van der Waals surface area contributed by atoms with Crippen LogP contribution < -0.4 is 0 Å². The van der Waals surface area contributed by atoms with Gasteiger partial charge in [0.25, 0.3) is 5.91 Å². The molecule has 0 fully saturated rings. The number of aryl methyl sites for hydroxylation is 1. The van der Waals surface area contributed by atoms with E-state index in [1.165, 1.54) is 0 Å². The van der Waals surface area contributed by atoms with Crippen LogP contribution in [0.5, 0.6) is 0 Å². The van der Waals surface area contributed by atoms with Crippen LogP contribution in [0.2, 0.25) is 0 Å². The molecule has 1 amide bonds. The van der Waals surface area contributed by atoms with Gasteiger partial charge in [-0.3, -0.25) is 9.48 Å². The molecule has 7 nitrogen and oxygen atoms in total.